The zero-order chi connectivity index (χ0) is 23.4. The van der Waals surface area contributed by atoms with Gasteiger partial charge in [-0.15, -0.1) is 0 Å². The summed E-state index contributed by atoms with van der Waals surface area (Å²) in [5.74, 6) is -0.562. The molecule has 2 atom stereocenters. The number of anilines is 1. The van der Waals surface area contributed by atoms with Crippen LogP contribution in [0.15, 0.2) is 58.5 Å². The van der Waals surface area contributed by atoms with Crippen LogP contribution in [0.4, 0.5) is 14.5 Å². The fraction of sp³-hybridized carbons (Fsp3) is 0.348. The standard InChI is InChI=1S/C23H23F2N3O4S/c1-14(20(29)26-18-10-4-5-11-19(18)32-22(24)25)33-23-27-17-9-3-2-8-16(17)21(30)28(23)13-15-7-6-12-31-15/h2-5,8-11,14-15,22H,6-7,12-13H2,1H3,(H,26,29). The molecule has 1 fully saturated rings. The molecule has 174 valence electrons. The molecule has 1 saturated heterocycles. The lowest BCUT2D eigenvalue weighted by atomic mass is 10.2. The summed E-state index contributed by atoms with van der Waals surface area (Å²) >= 11 is 1.12. The predicted octanol–water partition coefficient (Wildman–Crippen LogP) is 4.30. The third kappa shape index (κ3) is 5.51. The Balaban J connectivity index is 1.58. The number of halogens is 2. The van der Waals surface area contributed by atoms with Crippen molar-refractivity contribution in [3.8, 4) is 5.75 Å². The molecule has 0 radical (unpaired) electrons. The molecule has 4 rings (SSSR count). The van der Waals surface area contributed by atoms with Crippen LogP contribution >= 0.6 is 11.8 Å². The van der Waals surface area contributed by atoms with Crippen molar-refractivity contribution in [2.45, 2.75) is 49.4 Å². The van der Waals surface area contributed by atoms with Crippen molar-refractivity contribution in [2.24, 2.45) is 0 Å². The van der Waals surface area contributed by atoms with Crippen LogP contribution in [0.2, 0.25) is 0 Å². The third-order valence-corrected chi connectivity index (χ3v) is 6.34. The lowest BCUT2D eigenvalue weighted by Crippen LogP contribution is -2.30. The van der Waals surface area contributed by atoms with Gasteiger partial charge in [-0.1, -0.05) is 36.0 Å². The van der Waals surface area contributed by atoms with Crippen LogP contribution in [0.5, 0.6) is 5.75 Å². The van der Waals surface area contributed by atoms with Crippen LogP contribution < -0.4 is 15.6 Å². The molecule has 2 unspecified atom stereocenters. The molecule has 0 bridgehead atoms. The summed E-state index contributed by atoms with van der Waals surface area (Å²) < 4.78 is 37.1. The van der Waals surface area contributed by atoms with E-state index < -0.39 is 17.8 Å². The van der Waals surface area contributed by atoms with E-state index in [-0.39, 0.29) is 23.1 Å². The van der Waals surface area contributed by atoms with E-state index in [4.69, 9.17) is 4.74 Å². The van der Waals surface area contributed by atoms with Gasteiger partial charge in [-0.2, -0.15) is 8.78 Å². The number of amides is 1. The Morgan fingerprint density at radius 2 is 2.03 bits per heavy atom. The number of hydrogen-bond donors (Lipinski definition) is 1. The Hall–Kier alpha value is -2.98. The highest BCUT2D eigenvalue weighted by Crippen LogP contribution is 2.28. The second-order valence-electron chi connectivity index (χ2n) is 7.59. The Bertz CT molecular complexity index is 1200. The number of fused-ring (bicyclic) bond motifs is 1. The smallest absolute Gasteiger partial charge is 0.387 e. The maximum atomic E-state index is 13.2. The lowest BCUT2D eigenvalue weighted by molar-refractivity contribution is -0.115. The molecule has 1 amide bonds. The number of nitrogens with one attached hydrogen (secondary N) is 1. The molecule has 3 aromatic rings. The molecule has 0 saturated carbocycles. The Morgan fingerprint density at radius 3 is 2.79 bits per heavy atom. The first kappa shape index (κ1) is 23.2. The fourth-order valence-electron chi connectivity index (χ4n) is 3.61. The summed E-state index contributed by atoms with van der Waals surface area (Å²) in [5.41, 5.74) is 0.484. The van der Waals surface area contributed by atoms with E-state index >= 15 is 0 Å². The molecule has 2 aromatic carbocycles. The minimum absolute atomic E-state index is 0.0903. The van der Waals surface area contributed by atoms with Crippen LogP contribution in [-0.2, 0) is 16.1 Å². The van der Waals surface area contributed by atoms with Gasteiger partial charge in [0.2, 0.25) is 5.91 Å². The van der Waals surface area contributed by atoms with E-state index in [9.17, 15) is 18.4 Å². The van der Waals surface area contributed by atoms with Crippen LogP contribution in [-0.4, -0.2) is 40.0 Å². The van der Waals surface area contributed by atoms with E-state index in [1.807, 2.05) is 0 Å². The zero-order valence-corrected chi connectivity index (χ0v) is 18.7. The van der Waals surface area contributed by atoms with Crippen LogP contribution in [0.1, 0.15) is 19.8 Å². The maximum absolute atomic E-state index is 13.2. The minimum atomic E-state index is -3.01. The second kappa shape index (κ2) is 10.3. The van der Waals surface area contributed by atoms with Gasteiger partial charge in [-0.3, -0.25) is 14.2 Å². The molecule has 1 aromatic heterocycles. The highest BCUT2D eigenvalue weighted by atomic mass is 32.2. The summed E-state index contributed by atoms with van der Waals surface area (Å²) in [6.45, 7) is -0.349. The van der Waals surface area contributed by atoms with Gasteiger partial charge in [0.15, 0.2) is 5.16 Å². The summed E-state index contributed by atoms with van der Waals surface area (Å²) in [6, 6.07) is 13.0. The van der Waals surface area contributed by atoms with Gasteiger partial charge in [0, 0.05) is 6.61 Å². The molecule has 33 heavy (non-hydrogen) atoms. The van der Waals surface area contributed by atoms with Crippen molar-refractivity contribution in [1.82, 2.24) is 9.55 Å². The number of para-hydroxylation sites is 3. The molecule has 10 heteroatoms. The Kier molecular flexibility index (Phi) is 7.24. The van der Waals surface area contributed by atoms with E-state index in [1.165, 1.54) is 18.2 Å². The van der Waals surface area contributed by atoms with E-state index in [0.29, 0.717) is 29.2 Å². The quantitative estimate of drug-likeness (QED) is 0.387. The van der Waals surface area contributed by atoms with Gasteiger partial charge in [-0.25, -0.2) is 4.98 Å². The number of thioether (sulfide) groups is 1. The van der Waals surface area contributed by atoms with Crippen molar-refractivity contribution in [2.75, 3.05) is 11.9 Å². The maximum Gasteiger partial charge on any atom is 0.387 e. The zero-order valence-electron chi connectivity index (χ0n) is 17.9. The molecule has 7 nitrogen and oxygen atoms in total. The van der Waals surface area contributed by atoms with E-state index in [0.717, 1.165) is 24.6 Å². The number of carbonyl (C=O) groups is 1. The molecule has 0 aliphatic carbocycles. The first-order valence-corrected chi connectivity index (χ1v) is 11.4. The highest BCUT2D eigenvalue weighted by Gasteiger charge is 2.24. The van der Waals surface area contributed by atoms with Gasteiger partial charge in [0.05, 0.1) is 34.5 Å². The number of rotatable bonds is 8. The number of aromatic nitrogens is 2. The Morgan fingerprint density at radius 1 is 1.27 bits per heavy atom. The Labute approximate surface area is 193 Å². The summed E-state index contributed by atoms with van der Waals surface area (Å²) in [5, 5.41) is 2.84. The predicted molar refractivity (Wildman–Crippen MR) is 122 cm³/mol. The third-order valence-electron chi connectivity index (χ3n) is 5.25. The summed E-state index contributed by atoms with van der Waals surface area (Å²) in [4.78, 5) is 30.7. The molecule has 1 aliphatic heterocycles. The number of nitrogens with zero attached hydrogens (tertiary/aromatic N) is 2. The van der Waals surface area contributed by atoms with Crippen molar-refractivity contribution >= 4 is 34.3 Å². The molecular formula is C23H23F2N3O4S. The number of carbonyl (C=O) groups excluding carboxylic acids is 1. The highest BCUT2D eigenvalue weighted by molar-refractivity contribution is 8.00. The van der Waals surface area contributed by atoms with Crippen molar-refractivity contribution < 1.29 is 23.0 Å². The van der Waals surface area contributed by atoms with Crippen molar-refractivity contribution in [3.05, 3.63) is 58.9 Å². The molecule has 1 aliphatic rings. The van der Waals surface area contributed by atoms with Crippen molar-refractivity contribution in [3.63, 3.8) is 0 Å². The van der Waals surface area contributed by atoms with Gasteiger partial charge in [0.1, 0.15) is 5.75 Å². The molecule has 2 heterocycles. The average molecular weight is 476 g/mol. The summed E-state index contributed by atoms with van der Waals surface area (Å²) in [7, 11) is 0. The largest absolute Gasteiger partial charge is 0.433 e. The van der Waals surface area contributed by atoms with Gasteiger partial charge in [-0.05, 0) is 44.0 Å². The SMILES string of the molecule is CC(Sc1nc2ccccc2c(=O)n1CC1CCCO1)C(=O)Nc1ccccc1OC(F)F. The van der Waals surface area contributed by atoms with E-state index in [2.05, 4.69) is 15.0 Å². The van der Waals surface area contributed by atoms with Crippen LogP contribution in [0.3, 0.4) is 0 Å². The van der Waals surface area contributed by atoms with Crippen molar-refractivity contribution in [1.29, 1.82) is 0 Å². The first-order chi connectivity index (χ1) is 15.9. The second-order valence-corrected chi connectivity index (χ2v) is 8.89. The molecule has 0 spiro atoms. The lowest BCUT2D eigenvalue weighted by Gasteiger charge is -2.19. The first-order valence-electron chi connectivity index (χ1n) is 10.5. The van der Waals surface area contributed by atoms with Gasteiger partial charge in [0.25, 0.3) is 5.56 Å². The topological polar surface area (TPSA) is 82.5 Å². The number of hydrogen-bond acceptors (Lipinski definition) is 6. The average Bonchev–Trinajstić information content (AvgIpc) is 3.30. The van der Waals surface area contributed by atoms with Crippen LogP contribution in [0.25, 0.3) is 10.9 Å². The van der Waals surface area contributed by atoms with E-state index in [1.54, 1.807) is 41.8 Å². The minimum Gasteiger partial charge on any atom is -0.433 e. The van der Waals surface area contributed by atoms with Gasteiger partial charge < -0.3 is 14.8 Å². The monoisotopic (exact) mass is 475 g/mol. The summed E-state index contributed by atoms with van der Waals surface area (Å²) in [6.07, 6.45) is 1.69. The molecule has 1 N–H and O–H groups in total. The fourth-order valence-corrected chi connectivity index (χ4v) is 4.52. The van der Waals surface area contributed by atoms with Crippen LogP contribution in [0, 0.1) is 0 Å². The number of ether oxygens (including phenoxy) is 2. The normalized spacial score (nSPS) is 16.8. The van der Waals surface area contributed by atoms with Gasteiger partial charge >= 0.3 is 6.61 Å². The molecular weight excluding hydrogens is 452 g/mol. The number of benzene rings is 2. The number of alkyl halides is 2.